The third-order valence-electron chi connectivity index (χ3n) is 4.44. The van der Waals surface area contributed by atoms with Crippen LogP contribution in [0.5, 0.6) is 0 Å². The monoisotopic (exact) mass is 341 g/mol. The van der Waals surface area contributed by atoms with Crippen LogP contribution in [0.1, 0.15) is 16.7 Å². The molecule has 2 aromatic carbocycles. The Morgan fingerprint density at radius 3 is 2.27 bits per heavy atom. The Bertz CT molecular complexity index is 709. The highest BCUT2D eigenvalue weighted by molar-refractivity contribution is 7.20. The molecule has 1 aliphatic rings. The van der Waals surface area contributed by atoms with Crippen LogP contribution in [0.25, 0.3) is 17.2 Å². The van der Waals surface area contributed by atoms with E-state index in [0.29, 0.717) is 5.54 Å². The van der Waals surface area contributed by atoms with Crippen molar-refractivity contribution >= 4 is 38.5 Å². The Morgan fingerprint density at radius 2 is 1.68 bits per heavy atom. The Balaban J connectivity index is 2.04. The third-order valence-corrected chi connectivity index (χ3v) is 8.62. The first-order chi connectivity index (χ1) is 10.4. The zero-order chi connectivity index (χ0) is 15.9. The Kier molecular flexibility index (Phi) is 4.19. The lowest BCUT2D eigenvalue weighted by Gasteiger charge is -2.22. The third kappa shape index (κ3) is 2.88. The van der Waals surface area contributed by atoms with Crippen LogP contribution in [0, 0.1) is 0 Å². The summed E-state index contributed by atoms with van der Waals surface area (Å²) < 4.78 is 0. The first kappa shape index (κ1) is 15.8. The number of rotatable bonds is 3. The van der Waals surface area contributed by atoms with Gasteiger partial charge in [0, 0.05) is 5.54 Å². The normalized spacial score (nSPS) is 17.1. The van der Waals surface area contributed by atoms with Gasteiger partial charge in [0.2, 0.25) is 0 Å². The van der Waals surface area contributed by atoms with Crippen molar-refractivity contribution in [3.63, 3.8) is 0 Å². The summed E-state index contributed by atoms with van der Waals surface area (Å²) >= 11 is 6.71. The maximum absolute atomic E-state index is 6.71. The minimum atomic E-state index is -1.73. The van der Waals surface area contributed by atoms with Crippen LogP contribution in [0.15, 0.2) is 48.5 Å². The number of allylic oxidation sites excluding steroid dienone is 1. The average Bonchev–Trinajstić information content (AvgIpc) is 2.91. The number of halogens is 1. The van der Waals surface area contributed by atoms with Crippen LogP contribution in [-0.4, -0.2) is 16.2 Å². The molecule has 1 radical (unpaired) electrons. The van der Waals surface area contributed by atoms with E-state index in [-0.39, 0.29) is 8.80 Å². The molecule has 22 heavy (non-hydrogen) atoms. The summed E-state index contributed by atoms with van der Waals surface area (Å²) in [6.07, 6.45) is 4.58. The standard InChI is InChI=1S/C19H22ClSi2/c1-21(2)15-10-8-14(9-11-15)16-6-5-7-18-17(16)12-13-19(18)22(3,4)20/h5-13,19H,1-4H3. The molecule has 3 heteroatoms. The predicted octanol–water partition coefficient (Wildman–Crippen LogP) is 5.41. The van der Waals surface area contributed by atoms with Crippen molar-refractivity contribution in [1.29, 1.82) is 0 Å². The molecule has 0 heterocycles. The van der Waals surface area contributed by atoms with Gasteiger partial charge in [-0.05, 0) is 22.3 Å². The summed E-state index contributed by atoms with van der Waals surface area (Å²) in [6.45, 7) is 9.12. The summed E-state index contributed by atoms with van der Waals surface area (Å²) in [7, 11) is -2.11. The van der Waals surface area contributed by atoms with Crippen LogP contribution in [0.4, 0.5) is 0 Å². The molecule has 0 nitrogen and oxygen atoms in total. The lowest BCUT2D eigenvalue weighted by Crippen LogP contribution is -2.25. The van der Waals surface area contributed by atoms with Gasteiger partial charge in [0.25, 0.3) is 0 Å². The van der Waals surface area contributed by atoms with E-state index in [4.69, 9.17) is 11.1 Å². The lowest BCUT2D eigenvalue weighted by atomic mass is 9.97. The van der Waals surface area contributed by atoms with E-state index in [9.17, 15) is 0 Å². The van der Waals surface area contributed by atoms with Gasteiger partial charge in [-0.15, -0.1) is 0 Å². The highest BCUT2D eigenvalue weighted by Gasteiger charge is 2.33. The highest BCUT2D eigenvalue weighted by Crippen LogP contribution is 2.42. The van der Waals surface area contributed by atoms with Crippen molar-refractivity contribution in [2.24, 2.45) is 0 Å². The largest absolute Gasteiger partial charge is 0.167 e. The van der Waals surface area contributed by atoms with E-state index in [1.54, 1.807) is 0 Å². The SMILES string of the molecule is C[Si](C)c1ccc(-c2cccc3c2C=CC3[Si](C)(C)Cl)cc1. The zero-order valence-electron chi connectivity index (χ0n) is 13.7. The van der Waals surface area contributed by atoms with Crippen molar-refractivity contribution in [2.75, 3.05) is 0 Å². The van der Waals surface area contributed by atoms with E-state index in [0.717, 1.165) is 0 Å². The summed E-state index contributed by atoms with van der Waals surface area (Å²) in [4.78, 5) is 0. The van der Waals surface area contributed by atoms with E-state index in [1.165, 1.54) is 27.4 Å². The van der Waals surface area contributed by atoms with Gasteiger partial charge >= 0.3 is 0 Å². The van der Waals surface area contributed by atoms with Crippen molar-refractivity contribution in [3.05, 3.63) is 59.7 Å². The lowest BCUT2D eigenvalue weighted by molar-refractivity contribution is 1.19. The minimum Gasteiger partial charge on any atom is -0.167 e. The molecule has 0 fully saturated rings. The second-order valence-electron chi connectivity index (χ2n) is 6.79. The van der Waals surface area contributed by atoms with Crippen LogP contribution in [0.2, 0.25) is 26.2 Å². The van der Waals surface area contributed by atoms with Crippen LogP contribution >= 0.6 is 11.1 Å². The van der Waals surface area contributed by atoms with Gasteiger partial charge in [0.1, 0.15) is 0 Å². The molecule has 1 aliphatic carbocycles. The Hall–Kier alpha value is -1.10. The highest BCUT2D eigenvalue weighted by atomic mass is 35.6. The predicted molar refractivity (Wildman–Crippen MR) is 104 cm³/mol. The number of hydrogen-bond donors (Lipinski definition) is 0. The first-order valence-corrected chi connectivity index (χ1v) is 14.4. The molecule has 0 amide bonds. The molecule has 0 spiro atoms. The molecular weight excluding hydrogens is 320 g/mol. The fourth-order valence-corrected chi connectivity index (χ4v) is 6.12. The molecule has 1 unspecified atom stereocenters. The molecule has 0 aromatic heterocycles. The van der Waals surface area contributed by atoms with Gasteiger partial charge < -0.3 is 0 Å². The molecule has 0 bridgehead atoms. The van der Waals surface area contributed by atoms with Gasteiger partial charge in [-0.25, -0.2) is 0 Å². The summed E-state index contributed by atoms with van der Waals surface area (Å²) in [6, 6.07) is 15.8. The van der Waals surface area contributed by atoms with Gasteiger partial charge in [-0.3, -0.25) is 0 Å². The minimum absolute atomic E-state index is 0.375. The summed E-state index contributed by atoms with van der Waals surface area (Å²) in [5, 5.41) is 1.49. The fourth-order valence-electron chi connectivity index (χ4n) is 3.17. The molecular formula is C19H22ClSi2. The van der Waals surface area contributed by atoms with E-state index < -0.39 is 7.38 Å². The summed E-state index contributed by atoms with van der Waals surface area (Å²) in [5.41, 5.74) is 5.83. The zero-order valence-corrected chi connectivity index (χ0v) is 16.4. The van der Waals surface area contributed by atoms with Gasteiger partial charge in [-0.1, -0.05) is 86.0 Å². The maximum Gasteiger partial charge on any atom is 0.161 e. The Morgan fingerprint density at radius 1 is 1.00 bits per heavy atom. The quantitative estimate of drug-likeness (QED) is 0.517. The van der Waals surface area contributed by atoms with E-state index in [2.05, 4.69) is 80.8 Å². The van der Waals surface area contributed by atoms with Crippen LogP contribution < -0.4 is 5.19 Å². The molecule has 1 atom stereocenters. The smallest absolute Gasteiger partial charge is 0.161 e. The average molecular weight is 342 g/mol. The van der Waals surface area contributed by atoms with Crippen molar-refractivity contribution in [1.82, 2.24) is 0 Å². The number of benzene rings is 2. The van der Waals surface area contributed by atoms with Crippen LogP contribution in [0.3, 0.4) is 0 Å². The second-order valence-corrected chi connectivity index (χ2v) is 16.0. The van der Waals surface area contributed by atoms with E-state index in [1.807, 2.05) is 0 Å². The number of fused-ring (bicyclic) bond motifs is 1. The molecule has 2 aromatic rings. The van der Waals surface area contributed by atoms with Crippen molar-refractivity contribution < 1.29 is 0 Å². The van der Waals surface area contributed by atoms with Gasteiger partial charge in [0.05, 0.1) is 8.80 Å². The number of hydrogen-bond acceptors (Lipinski definition) is 0. The molecule has 3 rings (SSSR count). The van der Waals surface area contributed by atoms with E-state index >= 15 is 0 Å². The molecule has 0 N–H and O–H groups in total. The van der Waals surface area contributed by atoms with Gasteiger partial charge in [0.15, 0.2) is 7.38 Å². The van der Waals surface area contributed by atoms with Crippen molar-refractivity contribution in [3.8, 4) is 11.1 Å². The summed E-state index contributed by atoms with van der Waals surface area (Å²) in [5.74, 6) is 0. The maximum atomic E-state index is 6.71. The van der Waals surface area contributed by atoms with Crippen molar-refractivity contribution in [2.45, 2.75) is 31.7 Å². The molecule has 0 saturated carbocycles. The van der Waals surface area contributed by atoms with Crippen LogP contribution in [-0.2, 0) is 0 Å². The Labute approximate surface area is 141 Å². The fraction of sp³-hybridized carbons (Fsp3) is 0.263. The molecule has 0 aliphatic heterocycles. The topological polar surface area (TPSA) is 0 Å². The molecule has 0 saturated heterocycles. The second kappa shape index (κ2) is 5.84. The molecule has 113 valence electrons. The van der Waals surface area contributed by atoms with Gasteiger partial charge in [-0.2, -0.15) is 11.1 Å². The first-order valence-electron chi connectivity index (χ1n) is 7.79.